The molecule has 0 aliphatic carbocycles. The minimum absolute atomic E-state index is 0.0325. The number of hydrogen-bond acceptors (Lipinski definition) is 7. The standard InChI is InChI=1S/C22H27BrN4O7S/c1-5-24-22(29)15(2)25(13-16-6-8-17(23)9-7-16)21(28)14-26(35(4,32)33)19-12-18(27(30)31)10-11-20(19)34-3/h6-12,15H,5,13-14H2,1-4H3,(H,24,29). The number of benzene rings is 2. The topological polar surface area (TPSA) is 139 Å². The number of nitrogens with one attached hydrogen (secondary N) is 1. The van der Waals surface area contributed by atoms with Crippen molar-refractivity contribution < 1.29 is 27.7 Å². The number of nitrogens with zero attached hydrogens (tertiary/aromatic N) is 3. The fourth-order valence-corrected chi connectivity index (χ4v) is 4.38. The smallest absolute Gasteiger partial charge is 0.271 e. The molecule has 0 spiro atoms. The third-order valence-electron chi connectivity index (χ3n) is 5.11. The Morgan fingerprint density at radius 2 is 1.83 bits per heavy atom. The van der Waals surface area contributed by atoms with Gasteiger partial charge in [-0.25, -0.2) is 8.42 Å². The predicted molar refractivity (Wildman–Crippen MR) is 135 cm³/mol. The number of non-ortho nitro benzene ring substituents is 1. The van der Waals surface area contributed by atoms with Gasteiger partial charge in [-0.2, -0.15) is 0 Å². The van der Waals surface area contributed by atoms with Crippen molar-refractivity contribution in [1.82, 2.24) is 10.2 Å². The van der Waals surface area contributed by atoms with Crippen molar-refractivity contribution in [1.29, 1.82) is 0 Å². The number of carbonyl (C=O) groups excluding carboxylic acids is 2. The molecule has 0 bridgehead atoms. The van der Waals surface area contributed by atoms with Gasteiger partial charge in [-0.1, -0.05) is 28.1 Å². The molecule has 0 saturated heterocycles. The summed E-state index contributed by atoms with van der Waals surface area (Å²) >= 11 is 3.35. The molecule has 0 heterocycles. The number of rotatable bonds is 11. The van der Waals surface area contributed by atoms with Gasteiger partial charge in [0.1, 0.15) is 24.0 Å². The average Bonchev–Trinajstić information content (AvgIpc) is 2.80. The average molecular weight is 571 g/mol. The summed E-state index contributed by atoms with van der Waals surface area (Å²) in [6.07, 6.45) is 0.880. The highest BCUT2D eigenvalue weighted by Crippen LogP contribution is 2.33. The molecule has 2 amide bonds. The Morgan fingerprint density at radius 1 is 1.20 bits per heavy atom. The Labute approximate surface area is 212 Å². The van der Waals surface area contributed by atoms with Crippen molar-refractivity contribution in [2.75, 3.05) is 30.8 Å². The van der Waals surface area contributed by atoms with E-state index in [0.717, 1.165) is 26.7 Å². The molecule has 2 aromatic rings. The van der Waals surface area contributed by atoms with Gasteiger partial charge in [-0.05, 0) is 37.6 Å². The van der Waals surface area contributed by atoms with Crippen LogP contribution in [0.5, 0.6) is 5.75 Å². The first kappa shape index (κ1) is 28.1. The largest absolute Gasteiger partial charge is 0.495 e. The quantitative estimate of drug-likeness (QED) is 0.323. The summed E-state index contributed by atoms with van der Waals surface area (Å²) in [6, 6.07) is 9.64. The van der Waals surface area contributed by atoms with Crippen molar-refractivity contribution in [3.8, 4) is 5.75 Å². The van der Waals surface area contributed by atoms with Crippen LogP contribution in [0.3, 0.4) is 0 Å². The van der Waals surface area contributed by atoms with Gasteiger partial charge in [0.15, 0.2) is 0 Å². The molecule has 11 nitrogen and oxygen atoms in total. The second kappa shape index (κ2) is 12.0. The zero-order chi connectivity index (χ0) is 26.3. The van der Waals surface area contributed by atoms with Crippen LogP contribution in [0, 0.1) is 10.1 Å². The van der Waals surface area contributed by atoms with Crippen LogP contribution in [0.4, 0.5) is 11.4 Å². The van der Waals surface area contributed by atoms with E-state index in [2.05, 4.69) is 21.2 Å². The highest BCUT2D eigenvalue weighted by atomic mass is 79.9. The SMILES string of the molecule is CCNC(=O)C(C)N(Cc1ccc(Br)cc1)C(=O)CN(c1cc([N+](=O)[O-])ccc1OC)S(C)(=O)=O. The minimum atomic E-state index is -4.08. The Kier molecular flexibility index (Phi) is 9.60. The number of anilines is 1. The Bertz CT molecular complexity index is 1190. The summed E-state index contributed by atoms with van der Waals surface area (Å²) in [5.41, 5.74) is 0.188. The van der Waals surface area contributed by atoms with Gasteiger partial charge in [-0.3, -0.25) is 24.0 Å². The lowest BCUT2D eigenvalue weighted by Crippen LogP contribution is -2.51. The highest BCUT2D eigenvalue weighted by Gasteiger charge is 2.31. The molecule has 0 radical (unpaired) electrons. The van der Waals surface area contributed by atoms with Gasteiger partial charge in [0, 0.05) is 29.7 Å². The molecule has 1 unspecified atom stereocenters. The van der Waals surface area contributed by atoms with E-state index in [9.17, 15) is 28.1 Å². The Balaban J connectivity index is 2.50. The molecular weight excluding hydrogens is 544 g/mol. The summed E-state index contributed by atoms with van der Waals surface area (Å²) in [6.45, 7) is 2.97. The number of sulfonamides is 1. The number of hydrogen-bond donors (Lipinski definition) is 1. The summed E-state index contributed by atoms with van der Waals surface area (Å²) in [4.78, 5) is 37.9. The number of halogens is 1. The van der Waals surface area contributed by atoms with Crippen LogP contribution in [-0.2, 0) is 26.2 Å². The lowest BCUT2D eigenvalue weighted by molar-refractivity contribution is -0.384. The zero-order valence-electron chi connectivity index (χ0n) is 19.7. The third kappa shape index (κ3) is 7.39. The molecule has 0 aromatic heterocycles. The van der Waals surface area contributed by atoms with Crippen molar-refractivity contribution in [3.05, 3.63) is 62.6 Å². The van der Waals surface area contributed by atoms with Crippen molar-refractivity contribution in [2.45, 2.75) is 26.4 Å². The van der Waals surface area contributed by atoms with E-state index in [1.165, 1.54) is 24.1 Å². The van der Waals surface area contributed by atoms with E-state index in [-0.39, 0.29) is 23.7 Å². The van der Waals surface area contributed by atoms with E-state index in [1.54, 1.807) is 38.1 Å². The third-order valence-corrected chi connectivity index (χ3v) is 6.76. The van der Waals surface area contributed by atoms with Crippen LogP contribution < -0.4 is 14.4 Å². The van der Waals surface area contributed by atoms with E-state index in [0.29, 0.717) is 6.54 Å². The van der Waals surface area contributed by atoms with Gasteiger partial charge in [-0.15, -0.1) is 0 Å². The van der Waals surface area contributed by atoms with Crippen molar-refractivity contribution in [3.63, 3.8) is 0 Å². The molecule has 190 valence electrons. The number of likely N-dealkylation sites (N-methyl/N-ethyl adjacent to an activating group) is 1. The van der Waals surface area contributed by atoms with E-state index < -0.39 is 39.3 Å². The molecule has 1 atom stereocenters. The molecule has 0 aliphatic heterocycles. The molecular formula is C22H27BrN4O7S. The van der Waals surface area contributed by atoms with Crippen LogP contribution in [0.25, 0.3) is 0 Å². The van der Waals surface area contributed by atoms with Gasteiger partial charge in [0.25, 0.3) is 5.69 Å². The molecule has 2 aromatic carbocycles. The number of amides is 2. The highest BCUT2D eigenvalue weighted by molar-refractivity contribution is 9.10. The maximum atomic E-state index is 13.5. The lowest BCUT2D eigenvalue weighted by Gasteiger charge is -2.31. The predicted octanol–water partition coefficient (Wildman–Crippen LogP) is 2.69. The fourth-order valence-electron chi connectivity index (χ4n) is 3.27. The molecule has 1 N–H and O–H groups in total. The number of methoxy groups -OCH3 is 1. The van der Waals surface area contributed by atoms with E-state index >= 15 is 0 Å². The van der Waals surface area contributed by atoms with Gasteiger partial charge < -0.3 is 15.0 Å². The zero-order valence-corrected chi connectivity index (χ0v) is 22.1. The second-order valence-electron chi connectivity index (χ2n) is 7.60. The van der Waals surface area contributed by atoms with Gasteiger partial charge >= 0.3 is 0 Å². The fraction of sp³-hybridized carbons (Fsp3) is 0.364. The first-order valence-electron chi connectivity index (χ1n) is 10.5. The van der Waals surface area contributed by atoms with Crippen LogP contribution in [0.1, 0.15) is 19.4 Å². The minimum Gasteiger partial charge on any atom is -0.495 e. The number of nitro benzene ring substituents is 1. The first-order chi connectivity index (χ1) is 16.4. The Morgan fingerprint density at radius 3 is 2.34 bits per heavy atom. The first-order valence-corrected chi connectivity index (χ1v) is 13.1. The van der Waals surface area contributed by atoms with Crippen LogP contribution in [-0.4, -0.2) is 62.6 Å². The maximum absolute atomic E-state index is 13.5. The van der Waals surface area contributed by atoms with Crippen molar-refractivity contribution in [2.24, 2.45) is 0 Å². The summed E-state index contributed by atoms with van der Waals surface area (Å²) < 4.78 is 32.1. The summed E-state index contributed by atoms with van der Waals surface area (Å²) in [5, 5.41) is 13.9. The Hall–Kier alpha value is -3.19. The van der Waals surface area contributed by atoms with E-state index in [1.807, 2.05) is 0 Å². The van der Waals surface area contributed by atoms with Crippen LogP contribution in [0.15, 0.2) is 46.9 Å². The van der Waals surface area contributed by atoms with Gasteiger partial charge in [0.05, 0.1) is 18.3 Å². The number of ether oxygens (including phenoxy) is 1. The summed E-state index contributed by atoms with van der Waals surface area (Å²) in [7, 11) is -2.80. The lowest BCUT2D eigenvalue weighted by atomic mass is 10.1. The van der Waals surface area contributed by atoms with E-state index in [4.69, 9.17) is 4.74 Å². The number of carbonyl (C=O) groups is 2. The molecule has 0 aliphatic rings. The van der Waals surface area contributed by atoms with Crippen LogP contribution in [0.2, 0.25) is 0 Å². The molecule has 2 rings (SSSR count). The van der Waals surface area contributed by atoms with Gasteiger partial charge in [0.2, 0.25) is 21.8 Å². The van der Waals surface area contributed by atoms with Crippen molar-refractivity contribution >= 4 is 49.1 Å². The normalized spacial score (nSPS) is 11.9. The summed E-state index contributed by atoms with van der Waals surface area (Å²) in [5.74, 6) is -1.05. The monoisotopic (exact) mass is 570 g/mol. The second-order valence-corrected chi connectivity index (χ2v) is 10.4. The number of nitro groups is 1. The molecule has 0 saturated carbocycles. The molecule has 13 heteroatoms. The van der Waals surface area contributed by atoms with Crippen LogP contribution >= 0.6 is 15.9 Å². The molecule has 0 fully saturated rings. The maximum Gasteiger partial charge on any atom is 0.271 e. The molecule has 35 heavy (non-hydrogen) atoms.